The van der Waals surface area contributed by atoms with Crippen LogP contribution in [0.2, 0.25) is 0 Å². The molecule has 0 saturated heterocycles. The summed E-state index contributed by atoms with van der Waals surface area (Å²) >= 11 is 3.48. The van der Waals surface area contributed by atoms with Crippen molar-refractivity contribution in [1.29, 1.82) is 0 Å². The normalized spacial score (nSPS) is 15.8. The summed E-state index contributed by atoms with van der Waals surface area (Å²) in [4.78, 5) is 12.5. The Morgan fingerprint density at radius 3 is 2.74 bits per heavy atom. The fraction of sp³-hybridized carbons (Fsp3) is 0.562. The second kappa shape index (κ2) is 5.28. The zero-order valence-corrected chi connectivity index (χ0v) is 13.6. The van der Waals surface area contributed by atoms with Crippen molar-refractivity contribution >= 4 is 21.7 Å². The molecule has 1 aromatic rings. The average molecular weight is 325 g/mol. The number of halogens is 1. The summed E-state index contributed by atoms with van der Waals surface area (Å²) < 4.78 is 6.59. The molecular formula is C16H21BrO2. The predicted octanol–water partition coefficient (Wildman–Crippen LogP) is 4.64. The number of benzene rings is 1. The summed E-state index contributed by atoms with van der Waals surface area (Å²) in [6, 6.07) is 3.94. The van der Waals surface area contributed by atoms with E-state index in [-0.39, 0.29) is 11.2 Å². The number of hydrogen-bond acceptors (Lipinski definition) is 2. The zero-order valence-electron chi connectivity index (χ0n) is 12.0. The standard InChI is InChI=1S/C16H21BrO2/c1-10(16(2,3)4)7-14(18)13-9-12(17)8-11-5-6-19-15(11)13/h8-10H,5-7H2,1-4H3. The molecule has 104 valence electrons. The van der Waals surface area contributed by atoms with Gasteiger partial charge in [-0.1, -0.05) is 43.6 Å². The maximum atomic E-state index is 12.5. The van der Waals surface area contributed by atoms with Crippen molar-refractivity contribution in [3.8, 4) is 5.75 Å². The molecule has 19 heavy (non-hydrogen) atoms. The van der Waals surface area contributed by atoms with E-state index >= 15 is 0 Å². The van der Waals surface area contributed by atoms with Crippen LogP contribution in [0, 0.1) is 11.3 Å². The summed E-state index contributed by atoms with van der Waals surface area (Å²) in [6.45, 7) is 9.34. The fourth-order valence-corrected chi connectivity index (χ4v) is 2.68. The molecule has 0 amide bonds. The third-order valence-corrected chi connectivity index (χ3v) is 4.48. The molecule has 0 radical (unpaired) electrons. The second-order valence-corrected chi connectivity index (χ2v) is 7.35. The quantitative estimate of drug-likeness (QED) is 0.757. The van der Waals surface area contributed by atoms with E-state index in [1.54, 1.807) is 0 Å². The molecule has 0 aliphatic carbocycles. The first kappa shape index (κ1) is 14.6. The van der Waals surface area contributed by atoms with E-state index in [1.165, 1.54) is 0 Å². The summed E-state index contributed by atoms with van der Waals surface area (Å²) in [6.07, 6.45) is 1.46. The van der Waals surface area contributed by atoms with E-state index in [2.05, 4.69) is 43.6 Å². The first-order valence-electron chi connectivity index (χ1n) is 6.77. The molecule has 0 N–H and O–H groups in total. The van der Waals surface area contributed by atoms with Gasteiger partial charge in [-0.05, 0) is 29.0 Å². The van der Waals surface area contributed by atoms with E-state index in [9.17, 15) is 4.79 Å². The lowest BCUT2D eigenvalue weighted by Crippen LogP contribution is -2.20. The van der Waals surface area contributed by atoms with Crippen molar-refractivity contribution in [2.45, 2.75) is 40.5 Å². The van der Waals surface area contributed by atoms with Gasteiger partial charge < -0.3 is 4.74 Å². The Balaban J connectivity index is 2.25. The van der Waals surface area contributed by atoms with E-state index in [4.69, 9.17) is 4.74 Å². The van der Waals surface area contributed by atoms with E-state index < -0.39 is 0 Å². The molecule has 1 aliphatic rings. The second-order valence-electron chi connectivity index (χ2n) is 6.43. The van der Waals surface area contributed by atoms with Crippen LogP contribution >= 0.6 is 15.9 Å². The molecule has 2 rings (SSSR count). The van der Waals surface area contributed by atoms with Crippen LogP contribution in [0.15, 0.2) is 16.6 Å². The van der Waals surface area contributed by atoms with Crippen molar-refractivity contribution in [3.05, 3.63) is 27.7 Å². The Morgan fingerprint density at radius 1 is 1.42 bits per heavy atom. The van der Waals surface area contributed by atoms with Crippen LogP contribution in [-0.2, 0) is 6.42 Å². The van der Waals surface area contributed by atoms with Crippen molar-refractivity contribution in [3.63, 3.8) is 0 Å². The number of fused-ring (bicyclic) bond motifs is 1. The summed E-state index contributed by atoms with van der Waals surface area (Å²) in [7, 11) is 0. The van der Waals surface area contributed by atoms with Gasteiger partial charge in [0.2, 0.25) is 0 Å². The number of ether oxygens (including phenoxy) is 1. The number of carbonyl (C=O) groups is 1. The van der Waals surface area contributed by atoms with Crippen LogP contribution in [0.4, 0.5) is 0 Å². The molecule has 2 nitrogen and oxygen atoms in total. The molecule has 0 aromatic heterocycles. The van der Waals surface area contributed by atoms with Crippen molar-refractivity contribution in [2.75, 3.05) is 6.61 Å². The molecule has 0 spiro atoms. The smallest absolute Gasteiger partial charge is 0.166 e. The number of Topliss-reactive ketones (excluding diaryl/α,β-unsaturated/α-hetero) is 1. The molecule has 0 saturated carbocycles. The highest BCUT2D eigenvalue weighted by molar-refractivity contribution is 9.10. The molecular weight excluding hydrogens is 304 g/mol. The van der Waals surface area contributed by atoms with Gasteiger partial charge in [0, 0.05) is 17.3 Å². The van der Waals surface area contributed by atoms with Crippen LogP contribution in [0.5, 0.6) is 5.75 Å². The lowest BCUT2D eigenvalue weighted by molar-refractivity contribution is 0.0924. The Bertz CT molecular complexity index is 500. The minimum absolute atomic E-state index is 0.145. The average Bonchev–Trinajstić information content (AvgIpc) is 2.74. The van der Waals surface area contributed by atoms with Crippen LogP contribution in [0.1, 0.15) is 50.0 Å². The third kappa shape index (κ3) is 3.19. The number of carbonyl (C=O) groups excluding carboxylic acids is 1. The van der Waals surface area contributed by atoms with Crippen molar-refractivity contribution in [2.24, 2.45) is 11.3 Å². The van der Waals surface area contributed by atoms with Crippen molar-refractivity contribution in [1.82, 2.24) is 0 Å². The summed E-state index contributed by atoms with van der Waals surface area (Å²) in [5.41, 5.74) is 2.02. The molecule has 3 heteroatoms. The molecule has 1 aromatic carbocycles. The molecule has 0 fully saturated rings. The lowest BCUT2D eigenvalue weighted by Gasteiger charge is -2.26. The van der Waals surface area contributed by atoms with Gasteiger partial charge in [-0.25, -0.2) is 0 Å². The SMILES string of the molecule is CC(CC(=O)c1cc(Br)cc2c1OCC2)C(C)(C)C. The third-order valence-electron chi connectivity index (χ3n) is 4.02. The number of ketones is 1. The zero-order chi connectivity index (χ0) is 14.2. The number of hydrogen-bond donors (Lipinski definition) is 0. The Hall–Kier alpha value is -0.830. The molecule has 1 aliphatic heterocycles. The molecule has 1 heterocycles. The Kier molecular flexibility index (Phi) is 4.05. The highest BCUT2D eigenvalue weighted by atomic mass is 79.9. The highest BCUT2D eigenvalue weighted by Crippen LogP contribution is 2.36. The van der Waals surface area contributed by atoms with Gasteiger partial charge in [0.1, 0.15) is 5.75 Å². The van der Waals surface area contributed by atoms with Crippen LogP contribution in [0.25, 0.3) is 0 Å². The summed E-state index contributed by atoms with van der Waals surface area (Å²) in [5.74, 6) is 1.33. The lowest BCUT2D eigenvalue weighted by atomic mass is 9.78. The van der Waals surface area contributed by atoms with E-state index in [1.807, 2.05) is 12.1 Å². The monoisotopic (exact) mass is 324 g/mol. The van der Waals surface area contributed by atoms with Crippen molar-refractivity contribution < 1.29 is 9.53 Å². The Morgan fingerprint density at radius 2 is 2.11 bits per heavy atom. The van der Waals surface area contributed by atoms with Crippen LogP contribution < -0.4 is 4.74 Å². The highest BCUT2D eigenvalue weighted by Gasteiger charge is 2.27. The van der Waals surface area contributed by atoms with Gasteiger partial charge >= 0.3 is 0 Å². The predicted molar refractivity (Wildman–Crippen MR) is 80.9 cm³/mol. The van der Waals surface area contributed by atoms with Crippen LogP contribution in [0.3, 0.4) is 0 Å². The maximum absolute atomic E-state index is 12.5. The number of rotatable bonds is 3. The topological polar surface area (TPSA) is 26.3 Å². The van der Waals surface area contributed by atoms with Gasteiger partial charge in [-0.15, -0.1) is 0 Å². The van der Waals surface area contributed by atoms with Crippen LogP contribution in [-0.4, -0.2) is 12.4 Å². The molecule has 1 atom stereocenters. The van der Waals surface area contributed by atoms with E-state index in [0.717, 1.165) is 27.8 Å². The molecule has 0 bridgehead atoms. The van der Waals surface area contributed by atoms with Gasteiger partial charge in [-0.2, -0.15) is 0 Å². The fourth-order valence-electron chi connectivity index (χ4n) is 2.17. The van der Waals surface area contributed by atoms with Gasteiger partial charge in [0.05, 0.1) is 12.2 Å². The van der Waals surface area contributed by atoms with Gasteiger partial charge in [0.15, 0.2) is 5.78 Å². The molecule has 1 unspecified atom stereocenters. The Labute approximate surface area is 123 Å². The minimum Gasteiger partial charge on any atom is -0.492 e. The first-order chi connectivity index (χ1) is 8.79. The minimum atomic E-state index is 0.145. The summed E-state index contributed by atoms with van der Waals surface area (Å²) in [5, 5.41) is 0. The van der Waals surface area contributed by atoms with Gasteiger partial charge in [0.25, 0.3) is 0 Å². The largest absolute Gasteiger partial charge is 0.492 e. The first-order valence-corrected chi connectivity index (χ1v) is 7.56. The maximum Gasteiger partial charge on any atom is 0.166 e. The van der Waals surface area contributed by atoms with Gasteiger partial charge in [-0.3, -0.25) is 4.79 Å². The van der Waals surface area contributed by atoms with E-state index in [0.29, 0.717) is 18.9 Å².